The summed E-state index contributed by atoms with van der Waals surface area (Å²) in [6, 6.07) is 0. The summed E-state index contributed by atoms with van der Waals surface area (Å²) < 4.78 is 27.0. The van der Waals surface area contributed by atoms with Crippen LogP contribution in [0.2, 0.25) is 0 Å². The molecule has 1 aliphatic heterocycles. The molecular weight excluding hydrogens is 204 g/mol. The SMILES string of the molecule is CC1CCC(C(=O)CCS(C)(=O)=O)O1. The van der Waals surface area contributed by atoms with E-state index < -0.39 is 9.84 Å². The van der Waals surface area contributed by atoms with Crippen molar-refractivity contribution in [1.29, 1.82) is 0 Å². The lowest BCUT2D eigenvalue weighted by molar-refractivity contribution is -0.129. The van der Waals surface area contributed by atoms with Crippen LogP contribution in [0.1, 0.15) is 26.2 Å². The van der Waals surface area contributed by atoms with Crippen LogP contribution in [0, 0.1) is 0 Å². The molecule has 1 saturated heterocycles. The largest absolute Gasteiger partial charge is 0.368 e. The van der Waals surface area contributed by atoms with E-state index in [9.17, 15) is 13.2 Å². The maximum atomic E-state index is 11.4. The minimum Gasteiger partial charge on any atom is -0.368 e. The summed E-state index contributed by atoms with van der Waals surface area (Å²) in [7, 11) is -3.04. The molecule has 82 valence electrons. The highest BCUT2D eigenvalue weighted by atomic mass is 32.2. The van der Waals surface area contributed by atoms with Crippen LogP contribution < -0.4 is 0 Å². The van der Waals surface area contributed by atoms with Gasteiger partial charge in [0.15, 0.2) is 5.78 Å². The third-order valence-electron chi connectivity index (χ3n) is 2.31. The van der Waals surface area contributed by atoms with Crippen LogP contribution in [0.15, 0.2) is 0 Å². The topological polar surface area (TPSA) is 60.4 Å². The van der Waals surface area contributed by atoms with Crippen molar-refractivity contribution in [2.75, 3.05) is 12.0 Å². The fourth-order valence-corrected chi connectivity index (χ4v) is 2.06. The van der Waals surface area contributed by atoms with Crippen LogP contribution >= 0.6 is 0 Å². The molecule has 0 aromatic carbocycles. The highest BCUT2D eigenvalue weighted by molar-refractivity contribution is 7.90. The summed E-state index contributed by atoms with van der Waals surface area (Å²) in [5.74, 6) is -0.153. The van der Waals surface area contributed by atoms with Crippen molar-refractivity contribution in [2.24, 2.45) is 0 Å². The average molecular weight is 220 g/mol. The van der Waals surface area contributed by atoms with Crippen LogP contribution in [-0.2, 0) is 19.4 Å². The Hall–Kier alpha value is -0.420. The number of hydrogen-bond donors (Lipinski definition) is 0. The van der Waals surface area contributed by atoms with Crippen LogP contribution in [0.25, 0.3) is 0 Å². The Labute approximate surface area is 84.6 Å². The average Bonchev–Trinajstić information content (AvgIpc) is 2.46. The van der Waals surface area contributed by atoms with Crippen molar-refractivity contribution in [2.45, 2.75) is 38.4 Å². The highest BCUT2D eigenvalue weighted by Crippen LogP contribution is 2.20. The third kappa shape index (κ3) is 3.75. The molecule has 5 heteroatoms. The number of sulfone groups is 1. The number of rotatable bonds is 4. The summed E-state index contributed by atoms with van der Waals surface area (Å²) >= 11 is 0. The Morgan fingerprint density at radius 1 is 1.43 bits per heavy atom. The monoisotopic (exact) mass is 220 g/mol. The Kier molecular flexibility index (Phi) is 3.66. The lowest BCUT2D eigenvalue weighted by Gasteiger charge is -2.08. The fourth-order valence-electron chi connectivity index (χ4n) is 1.49. The molecule has 0 aromatic heterocycles. The molecule has 0 bridgehead atoms. The van der Waals surface area contributed by atoms with E-state index >= 15 is 0 Å². The van der Waals surface area contributed by atoms with Crippen LogP contribution in [-0.4, -0.2) is 38.4 Å². The van der Waals surface area contributed by atoms with Gasteiger partial charge in [-0.1, -0.05) is 0 Å². The first-order valence-electron chi connectivity index (χ1n) is 4.74. The van der Waals surface area contributed by atoms with Crippen LogP contribution in [0.3, 0.4) is 0 Å². The van der Waals surface area contributed by atoms with Gasteiger partial charge in [0.05, 0.1) is 11.9 Å². The molecule has 0 N–H and O–H groups in total. The molecule has 14 heavy (non-hydrogen) atoms. The van der Waals surface area contributed by atoms with Crippen molar-refractivity contribution < 1.29 is 17.9 Å². The van der Waals surface area contributed by atoms with Gasteiger partial charge < -0.3 is 4.74 Å². The fraction of sp³-hybridized carbons (Fsp3) is 0.889. The normalized spacial score (nSPS) is 27.9. The molecule has 2 unspecified atom stereocenters. The van der Waals surface area contributed by atoms with Gasteiger partial charge in [0.2, 0.25) is 0 Å². The summed E-state index contributed by atoms with van der Waals surface area (Å²) in [6.07, 6.45) is 2.59. The van der Waals surface area contributed by atoms with Crippen molar-refractivity contribution in [1.82, 2.24) is 0 Å². The quantitative estimate of drug-likeness (QED) is 0.694. The highest BCUT2D eigenvalue weighted by Gasteiger charge is 2.28. The lowest BCUT2D eigenvalue weighted by atomic mass is 10.1. The number of ether oxygens (including phenoxy) is 1. The molecule has 1 fully saturated rings. The predicted molar refractivity (Wildman–Crippen MR) is 52.9 cm³/mol. The first kappa shape index (κ1) is 11.7. The molecular formula is C9H16O4S. The molecule has 0 aromatic rings. The first-order chi connectivity index (χ1) is 6.38. The molecule has 0 spiro atoms. The van der Waals surface area contributed by atoms with E-state index in [-0.39, 0.29) is 30.2 Å². The number of carbonyl (C=O) groups excluding carboxylic acids is 1. The van der Waals surface area contributed by atoms with E-state index in [2.05, 4.69) is 0 Å². The van der Waals surface area contributed by atoms with Gasteiger partial charge in [-0.15, -0.1) is 0 Å². The summed E-state index contributed by atoms with van der Waals surface area (Å²) in [6.45, 7) is 1.92. The van der Waals surface area contributed by atoms with Crippen molar-refractivity contribution >= 4 is 15.6 Å². The zero-order valence-corrected chi connectivity index (χ0v) is 9.34. The number of hydrogen-bond acceptors (Lipinski definition) is 4. The zero-order chi connectivity index (χ0) is 10.8. The zero-order valence-electron chi connectivity index (χ0n) is 8.52. The van der Waals surface area contributed by atoms with Gasteiger partial charge in [0, 0.05) is 12.7 Å². The predicted octanol–water partition coefficient (Wildman–Crippen LogP) is 0.558. The van der Waals surface area contributed by atoms with Gasteiger partial charge >= 0.3 is 0 Å². The molecule has 0 aliphatic carbocycles. The van der Waals surface area contributed by atoms with Gasteiger partial charge in [-0.3, -0.25) is 4.79 Å². The molecule has 0 radical (unpaired) electrons. The van der Waals surface area contributed by atoms with Crippen molar-refractivity contribution in [3.63, 3.8) is 0 Å². The van der Waals surface area contributed by atoms with Gasteiger partial charge in [-0.25, -0.2) is 8.42 Å². The number of carbonyl (C=O) groups is 1. The first-order valence-corrected chi connectivity index (χ1v) is 6.80. The molecule has 1 rings (SSSR count). The van der Waals surface area contributed by atoms with E-state index in [1.807, 2.05) is 6.92 Å². The third-order valence-corrected chi connectivity index (χ3v) is 3.26. The molecule has 1 heterocycles. The van der Waals surface area contributed by atoms with E-state index in [0.717, 1.165) is 19.1 Å². The number of Topliss-reactive ketones (excluding diaryl/α,β-unsaturated/α-hetero) is 1. The standard InChI is InChI=1S/C9H16O4S/c1-7-3-4-9(13-7)8(10)5-6-14(2,11)12/h7,9H,3-6H2,1-2H3. The number of ketones is 1. The maximum Gasteiger partial charge on any atom is 0.162 e. The Morgan fingerprint density at radius 3 is 2.50 bits per heavy atom. The van der Waals surface area contributed by atoms with E-state index in [4.69, 9.17) is 4.74 Å². The van der Waals surface area contributed by atoms with Gasteiger partial charge in [0.25, 0.3) is 0 Å². The van der Waals surface area contributed by atoms with Gasteiger partial charge in [-0.05, 0) is 19.8 Å². The van der Waals surface area contributed by atoms with Crippen LogP contribution in [0.4, 0.5) is 0 Å². The van der Waals surface area contributed by atoms with E-state index in [1.54, 1.807) is 0 Å². The van der Waals surface area contributed by atoms with Gasteiger partial charge in [0.1, 0.15) is 15.9 Å². The summed E-state index contributed by atoms with van der Waals surface area (Å²) in [5, 5.41) is 0. The van der Waals surface area contributed by atoms with E-state index in [1.165, 1.54) is 0 Å². The van der Waals surface area contributed by atoms with Gasteiger partial charge in [-0.2, -0.15) is 0 Å². The van der Waals surface area contributed by atoms with Crippen LogP contribution in [0.5, 0.6) is 0 Å². The molecule has 0 saturated carbocycles. The van der Waals surface area contributed by atoms with Crippen molar-refractivity contribution in [3.8, 4) is 0 Å². The lowest BCUT2D eigenvalue weighted by Crippen LogP contribution is -2.23. The second-order valence-corrected chi connectivity index (χ2v) is 6.12. The van der Waals surface area contributed by atoms with Crippen molar-refractivity contribution in [3.05, 3.63) is 0 Å². The molecule has 4 nitrogen and oxygen atoms in total. The summed E-state index contributed by atoms with van der Waals surface area (Å²) in [5.41, 5.74) is 0. The molecule has 2 atom stereocenters. The molecule has 1 aliphatic rings. The summed E-state index contributed by atoms with van der Waals surface area (Å²) in [4.78, 5) is 11.4. The van der Waals surface area contributed by atoms with E-state index in [0.29, 0.717) is 0 Å². The Balaban J connectivity index is 2.36. The maximum absolute atomic E-state index is 11.4. The molecule has 0 amide bonds. The smallest absolute Gasteiger partial charge is 0.162 e. The minimum absolute atomic E-state index is 0.0694. The Bertz CT molecular complexity index is 307. The second kappa shape index (κ2) is 4.40. The Morgan fingerprint density at radius 2 is 2.07 bits per heavy atom. The second-order valence-electron chi connectivity index (χ2n) is 3.86. The minimum atomic E-state index is -3.04.